The minimum Gasteiger partial charge on any atom is -0.391 e. The first-order valence-electron chi connectivity index (χ1n) is 12.6. The number of hydrogen-bond donors (Lipinski definition) is 4. The van der Waals surface area contributed by atoms with Crippen molar-refractivity contribution in [2.75, 3.05) is 6.61 Å². The third-order valence-electron chi connectivity index (χ3n) is 4.07. The molecule has 0 fully saturated rings. The molecule has 5 N–H and O–H groups in total. The third kappa shape index (κ3) is 18.6. The summed E-state index contributed by atoms with van der Waals surface area (Å²) in [6.45, 7) is -3.39. The summed E-state index contributed by atoms with van der Waals surface area (Å²) in [6, 6.07) is -0.843. The molecule has 0 radical (unpaired) electrons. The molecule has 0 heterocycles. The summed E-state index contributed by atoms with van der Waals surface area (Å²) < 4.78 is 67.2. The van der Waals surface area contributed by atoms with E-state index in [1.54, 1.807) is 0 Å². The molecule has 0 aromatic heterocycles. The van der Waals surface area contributed by atoms with Crippen molar-refractivity contribution in [3.05, 3.63) is 0 Å². The molecule has 0 saturated heterocycles. The average Bonchev–Trinajstić information content (AvgIpc) is 2.64. The predicted molar refractivity (Wildman–Crippen MR) is 102 cm³/mol. The Balaban J connectivity index is 3.69. The molecule has 0 aliphatic heterocycles. The highest BCUT2D eigenvalue weighted by Gasteiger charge is 2.20. The molecule has 0 aliphatic carbocycles. The van der Waals surface area contributed by atoms with E-state index in [1.165, 1.54) is 0 Å². The van der Waals surface area contributed by atoms with Gasteiger partial charge in [0.05, 0.1) is 18.8 Å². The van der Waals surface area contributed by atoms with E-state index in [-0.39, 0.29) is 6.42 Å². The normalized spacial score (nSPS) is 20.4. The number of hydrogen-bond acceptors (Lipinski definition) is 4. The monoisotopic (exact) mass is 388 g/mol. The van der Waals surface area contributed by atoms with Crippen molar-refractivity contribution in [3.8, 4) is 0 Å². The Bertz CT molecular complexity index is 560. The van der Waals surface area contributed by atoms with Gasteiger partial charge in [-0.1, -0.05) is 90.2 Å². The lowest BCUT2D eigenvalue weighted by atomic mass is 10.0. The van der Waals surface area contributed by atoms with Gasteiger partial charge >= 0.3 is 7.82 Å². The lowest BCUT2D eigenvalue weighted by Crippen LogP contribution is -2.38. The first kappa shape index (κ1) is 15.0. The minimum atomic E-state index is -4.58. The number of aliphatic hydroxyl groups is 1. The van der Waals surface area contributed by atoms with Gasteiger partial charge in [0, 0.05) is 9.60 Å². The zero-order valence-corrected chi connectivity index (χ0v) is 15.9. The molecule has 0 spiro atoms. The maximum Gasteiger partial charge on any atom is 0.469 e. The number of nitrogens with two attached hydrogens (primary N) is 1. The van der Waals surface area contributed by atoms with Gasteiger partial charge in [0.2, 0.25) is 0 Å². The molecular weight excluding hydrogens is 341 g/mol. The lowest BCUT2D eigenvalue weighted by molar-refractivity contribution is 0.0931. The Hall–Kier alpha value is 0.0300. The lowest BCUT2D eigenvalue weighted by Gasteiger charge is -2.18. The first-order valence-corrected chi connectivity index (χ1v) is 10.7. The number of unbranched alkanes of at least 4 members (excludes halogenated alkanes) is 9. The summed E-state index contributed by atoms with van der Waals surface area (Å²) >= 11 is 0. The fraction of sp³-hybridized carbons (Fsp3) is 1.00. The predicted octanol–water partition coefficient (Wildman–Crippen LogP) is 4.27. The highest BCUT2D eigenvalue weighted by atomic mass is 31.2. The van der Waals surface area contributed by atoms with E-state index in [9.17, 15) is 9.67 Å². The summed E-state index contributed by atoms with van der Waals surface area (Å²) in [6.07, 6.45) is 3.11. The van der Waals surface area contributed by atoms with Crippen molar-refractivity contribution < 1.29 is 33.6 Å². The molecule has 0 aromatic rings. The molecule has 152 valence electrons. The van der Waals surface area contributed by atoms with Crippen molar-refractivity contribution >= 4 is 7.82 Å². The standard InChI is InChI=1S/C18H40NO5P/c1-2-3-4-5-6-7-8-9-10-11-12-13-14-15-18(20)17(19)16-24-25(21,22)23/h17-18,20H,2-16,19H2,1H3,(H2,21,22,23)/t17-,18+/m0/s1/i1D3,2D2,3D2. The Labute approximate surface area is 163 Å². The molecule has 0 saturated carbocycles. The number of aliphatic hydroxyl groups excluding tert-OH is 1. The van der Waals surface area contributed by atoms with Crippen molar-refractivity contribution in [3.63, 3.8) is 0 Å². The number of phosphoric acid groups is 1. The first-order chi connectivity index (χ1) is 14.5. The molecule has 0 rings (SSSR count). The fourth-order valence-corrected chi connectivity index (χ4v) is 2.92. The Kier molecular flexibility index (Phi) is 9.74. The highest BCUT2D eigenvalue weighted by Crippen LogP contribution is 2.35. The van der Waals surface area contributed by atoms with Gasteiger partial charge in [0.1, 0.15) is 0 Å². The Morgan fingerprint density at radius 1 is 1.00 bits per heavy atom. The SMILES string of the molecule is [2H]C([2H])([2H])C([2H])([2H])C([2H])([2H])CCCCCCCCCCCC[C@@H](O)[C@@H](N)COP(=O)(O)O. The largest absolute Gasteiger partial charge is 0.469 e. The van der Waals surface area contributed by atoms with Crippen molar-refractivity contribution in [1.29, 1.82) is 0 Å². The van der Waals surface area contributed by atoms with Gasteiger partial charge in [-0.2, -0.15) is 0 Å². The van der Waals surface area contributed by atoms with E-state index < -0.39 is 46.2 Å². The number of rotatable bonds is 18. The van der Waals surface area contributed by atoms with Crippen LogP contribution in [0.1, 0.15) is 106 Å². The Morgan fingerprint density at radius 2 is 1.48 bits per heavy atom. The summed E-state index contributed by atoms with van der Waals surface area (Å²) in [4.78, 5) is 17.2. The summed E-state index contributed by atoms with van der Waals surface area (Å²) in [5.41, 5.74) is 5.64. The smallest absolute Gasteiger partial charge is 0.391 e. The van der Waals surface area contributed by atoms with Gasteiger partial charge in [-0.15, -0.1) is 0 Å². The third-order valence-corrected chi connectivity index (χ3v) is 4.55. The van der Waals surface area contributed by atoms with E-state index >= 15 is 0 Å². The van der Waals surface area contributed by atoms with Gasteiger partial charge in [-0.25, -0.2) is 4.57 Å². The van der Waals surface area contributed by atoms with Crippen LogP contribution in [0.4, 0.5) is 0 Å². The van der Waals surface area contributed by atoms with Crippen LogP contribution in [-0.2, 0) is 9.09 Å². The van der Waals surface area contributed by atoms with Crippen LogP contribution in [0.5, 0.6) is 0 Å². The molecule has 0 aromatic carbocycles. The zero-order chi connectivity index (χ0) is 25.1. The van der Waals surface area contributed by atoms with E-state index in [4.69, 9.17) is 25.1 Å². The van der Waals surface area contributed by atoms with E-state index in [1.807, 2.05) is 0 Å². The fourth-order valence-electron chi connectivity index (χ4n) is 2.55. The zero-order valence-electron chi connectivity index (χ0n) is 22.0. The molecule has 25 heavy (non-hydrogen) atoms. The molecule has 0 aliphatic rings. The van der Waals surface area contributed by atoms with Crippen LogP contribution in [0.3, 0.4) is 0 Å². The van der Waals surface area contributed by atoms with Crippen LogP contribution in [-0.4, -0.2) is 33.6 Å². The maximum atomic E-state index is 10.6. The van der Waals surface area contributed by atoms with Gasteiger partial charge in [-0.05, 0) is 6.42 Å². The minimum absolute atomic E-state index is 0.112. The van der Waals surface area contributed by atoms with Gasteiger partial charge in [0.25, 0.3) is 0 Å². The number of phosphoric ester groups is 1. The maximum absolute atomic E-state index is 10.6. The van der Waals surface area contributed by atoms with Gasteiger partial charge in [-0.3, -0.25) is 4.52 Å². The van der Waals surface area contributed by atoms with Crippen molar-refractivity contribution in [1.82, 2.24) is 0 Å². The van der Waals surface area contributed by atoms with Crippen LogP contribution in [0.15, 0.2) is 0 Å². The van der Waals surface area contributed by atoms with Crippen molar-refractivity contribution in [2.24, 2.45) is 5.73 Å². The molecule has 2 atom stereocenters. The van der Waals surface area contributed by atoms with Crippen molar-refractivity contribution in [2.45, 2.75) is 109 Å². The molecule has 6 nitrogen and oxygen atoms in total. The highest BCUT2D eigenvalue weighted by molar-refractivity contribution is 7.46. The molecule has 0 bridgehead atoms. The summed E-state index contributed by atoms with van der Waals surface area (Å²) in [5, 5.41) is 9.86. The van der Waals surface area contributed by atoms with Crippen LogP contribution < -0.4 is 5.73 Å². The average molecular weight is 389 g/mol. The topological polar surface area (TPSA) is 113 Å². The second kappa shape index (κ2) is 16.2. The Morgan fingerprint density at radius 3 is 1.96 bits per heavy atom. The summed E-state index contributed by atoms with van der Waals surface area (Å²) in [7, 11) is -4.58. The van der Waals surface area contributed by atoms with Crippen LogP contribution in [0, 0.1) is 0 Å². The van der Waals surface area contributed by atoms with E-state index in [2.05, 4.69) is 4.52 Å². The van der Waals surface area contributed by atoms with Crippen LogP contribution in [0.2, 0.25) is 0 Å². The van der Waals surface area contributed by atoms with Crippen LogP contribution >= 0.6 is 7.82 Å². The van der Waals surface area contributed by atoms with Gasteiger partial charge < -0.3 is 20.6 Å². The molecular formula is C18H40NO5P. The van der Waals surface area contributed by atoms with E-state index in [0.29, 0.717) is 12.8 Å². The molecule has 7 heteroatoms. The van der Waals surface area contributed by atoms with Gasteiger partial charge in [0.15, 0.2) is 0 Å². The second-order valence-electron chi connectivity index (χ2n) is 6.39. The quantitative estimate of drug-likeness (QED) is 0.206. The van der Waals surface area contributed by atoms with Crippen LogP contribution in [0.25, 0.3) is 0 Å². The molecule has 0 amide bonds. The van der Waals surface area contributed by atoms with E-state index in [0.717, 1.165) is 57.8 Å². The molecule has 0 unspecified atom stereocenters. The summed E-state index contributed by atoms with van der Waals surface area (Å²) in [5.74, 6) is 0. The second-order valence-corrected chi connectivity index (χ2v) is 7.63.